The van der Waals surface area contributed by atoms with Gasteiger partial charge < -0.3 is 0 Å². The molecule has 0 aliphatic rings. The van der Waals surface area contributed by atoms with Crippen molar-refractivity contribution >= 4 is 15.7 Å². The zero-order chi connectivity index (χ0) is 18.3. The van der Waals surface area contributed by atoms with Crippen molar-refractivity contribution in [2.75, 3.05) is 0 Å². The van der Waals surface area contributed by atoms with Gasteiger partial charge in [0.15, 0.2) is 0 Å². The minimum absolute atomic E-state index is 0.0900. The summed E-state index contributed by atoms with van der Waals surface area (Å²) in [6.07, 6.45) is 1.95. The van der Waals surface area contributed by atoms with Gasteiger partial charge in [-0.2, -0.15) is 0 Å². The minimum atomic E-state index is -3.72. The molecule has 130 valence electrons. The molecular weight excluding hydrogens is 346 g/mol. The lowest BCUT2D eigenvalue weighted by molar-refractivity contribution is 0.598. The number of sulfonamides is 1. The molecule has 6 heteroatoms. The molecule has 0 spiro atoms. The Labute approximate surface area is 151 Å². The van der Waals surface area contributed by atoms with Crippen LogP contribution in [0.1, 0.15) is 5.56 Å². The Bertz CT molecular complexity index is 1210. The molecule has 0 saturated heterocycles. The van der Waals surface area contributed by atoms with Gasteiger partial charge in [-0.1, -0.05) is 42.0 Å². The first-order valence-electron chi connectivity index (χ1n) is 8.11. The van der Waals surface area contributed by atoms with Gasteiger partial charge in [-0.25, -0.2) is 18.5 Å². The van der Waals surface area contributed by atoms with Crippen molar-refractivity contribution in [1.29, 1.82) is 0 Å². The van der Waals surface area contributed by atoms with Gasteiger partial charge in [0, 0.05) is 17.3 Å². The quantitative estimate of drug-likeness (QED) is 0.604. The van der Waals surface area contributed by atoms with E-state index in [2.05, 4.69) is 6.07 Å². The van der Waals surface area contributed by atoms with Crippen LogP contribution in [0.25, 0.3) is 28.2 Å². The fourth-order valence-electron chi connectivity index (χ4n) is 3.07. The Morgan fingerprint density at radius 2 is 1.69 bits per heavy atom. The smallest absolute Gasteiger partial charge is 0.238 e. The highest BCUT2D eigenvalue weighted by molar-refractivity contribution is 7.89. The highest BCUT2D eigenvalue weighted by atomic mass is 32.2. The van der Waals surface area contributed by atoms with Crippen LogP contribution in [-0.2, 0) is 10.0 Å². The molecule has 4 rings (SSSR count). The SMILES string of the molecule is Cc1cccc(-c2nc3ccccn3c2-c2ccc(S(N)(=O)=O)cc2)c1. The standard InChI is InChI=1S/C20H17N3O2S/c1-14-5-4-6-16(13-14)19-20(23-12-3-2-7-18(23)22-19)15-8-10-17(11-9-15)26(21,24)25/h2-13H,1H3,(H2,21,24,25). The zero-order valence-electron chi connectivity index (χ0n) is 14.1. The molecule has 0 saturated carbocycles. The Morgan fingerprint density at radius 1 is 0.923 bits per heavy atom. The van der Waals surface area contributed by atoms with Crippen LogP contribution in [0, 0.1) is 6.92 Å². The van der Waals surface area contributed by atoms with Gasteiger partial charge in [-0.3, -0.25) is 4.40 Å². The molecule has 0 fully saturated rings. The molecule has 4 aromatic rings. The second-order valence-electron chi connectivity index (χ2n) is 6.18. The summed E-state index contributed by atoms with van der Waals surface area (Å²) in [5, 5.41) is 5.21. The van der Waals surface area contributed by atoms with E-state index < -0.39 is 10.0 Å². The molecule has 0 atom stereocenters. The van der Waals surface area contributed by atoms with E-state index in [1.54, 1.807) is 12.1 Å². The first-order valence-corrected chi connectivity index (χ1v) is 9.65. The zero-order valence-corrected chi connectivity index (χ0v) is 14.9. The van der Waals surface area contributed by atoms with Crippen LogP contribution in [0.5, 0.6) is 0 Å². The summed E-state index contributed by atoms with van der Waals surface area (Å²) >= 11 is 0. The second-order valence-corrected chi connectivity index (χ2v) is 7.74. The van der Waals surface area contributed by atoms with Crippen molar-refractivity contribution in [3.63, 3.8) is 0 Å². The van der Waals surface area contributed by atoms with Crippen LogP contribution >= 0.6 is 0 Å². The lowest BCUT2D eigenvalue weighted by Crippen LogP contribution is -2.11. The van der Waals surface area contributed by atoms with Crippen molar-refractivity contribution < 1.29 is 8.42 Å². The normalized spacial score (nSPS) is 11.8. The lowest BCUT2D eigenvalue weighted by Gasteiger charge is -2.07. The third-order valence-corrected chi connectivity index (χ3v) is 5.21. The lowest BCUT2D eigenvalue weighted by atomic mass is 10.0. The van der Waals surface area contributed by atoms with E-state index >= 15 is 0 Å². The predicted octanol–water partition coefficient (Wildman–Crippen LogP) is 3.62. The van der Waals surface area contributed by atoms with Gasteiger partial charge in [-0.05, 0) is 37.3 Å². The number of imidazole rings is 1. The number of rotatable bonds is 3. The summed E-state index contributed by atoms with van der Waals surface area (Å²) in [6.45, 7) is 2.04. The number of aromatic nitrogens is 2. The van der Waals surface area contributed by atoms with E-state index in [4.69, 9.17) is 10.1 Å². The number of pyridine rings is 1. The van der Waals surface area contributed by atoms with E-state index in [9.17, 15) is 8.42 Å². The van der Waals surface area contributed by atoms with E-state index in [0.29, 0.717) is 0 Å². The van der Waals surface area contributed by atoms with Crippen LogP contribution in [0.2, 0.25) is 0 Å². The molecule has 0 bridgehead atoms. The Hall–Kier alpha value is -2.96. The van der Waals surface area contributed by atoms with Crippen molar-refractivity contribution in [2.45, 2.75) is 11.8 Å². The number of benzene rings is 2. The number of nitrogens with zero attached hydrogens (tertiary/aromatic N) is 2. The monoisotopic (exact) mass is 363 g/mol. The Balaban J connectivity index is 1.98. The highest BCUT2D eigenvalue weighted by Gasteiger charge is 2.16. The van der Waals surface area contributed by atoms with Crippen LogP contribution in [-0.4, -0.2) is 17.8 Å². The molecular formula is C20H17N3O2S. The van der Waals surface area contributed by atoms with Crippen LogP contribution < -0.4 is 5.14 Å². The first kappa shape index (κ1) is 16.5. The molecule has 2 aromatic heterocycles. The number of nitrogens with two attached hydrogens (primary N) is 1. The second kappa shape index (κ2) is 6.09. The molecule has 2 N–H and O–H groups in total. The average Bonchev–Trinajstić information content (AvgIpc) is 3.00. The molecule has 5 nitrogen and oxygen atoms in total. The third kappa shape index (κ3) is 2.89. The molecule has 26 heavy (non-hydrogen) atoms. The molecule has 0 unspecified atom stereocenters. The van der Waals surface area contributed by atoms with Crippen molar-refractivity contribution in [3.8, 4) is 22.5 Å². The molecule has 0 amide bonds. The molecule has 2 heterocycles. The summed E-state index contributed by atoms with van der Waals surface area (Å²) in [5.41, 5.74) is 5.62. The number of aryl methyl sites for hydroxylation is 1. The summed E-state index contributed by atoms with van der Waals surface area (Å²) < 4.78 is 25.1. The number of fused-ring (bicyclic) bond motifs is 1. The molecule has 0 radical (unpaired) electrons. The largest absolute Gasteiger partial charge is 0.299 e. The maximum Gasteiger partial charge on any atom is 0.238 e. The summed E-state index contributed by atoms with van der Waals surface area (Å²) in [6, 6.07) is 20.5. The van der Waals surface area contributed by atoms with Crippen molar-refractivity contribution in [1.82, 2.24) is 9.38 Å². The van der Waals surface area contributed by atoms with E-state index in [1.165, 1.54) is 12.1 Å². The fourth-order valence-corrected chi connectivity index (χ4v) is 3.58. The van der Waals surface area contributed by atoms with Gasteiger partial charge in [0.05, 0.1) is 16.3 Å². The number of hydrogen-bond donors (Lipinski definition) is 1. The van der Waals surface area contributed by atoms with Gasteiger partial charge in [0.1, 0.15) is 5.65 Å². The molecule has 2 aromatic carbocycles. The third-order valence-electron chi connectivity index (χ3n) is 4.28. The average molecular weight is 363 g/mol. The molecule has 0 aliphatic heterocycles. The maximum atomic E-state index is 11.5. The topological polar surface area (TPSA) is 77.5 Å². The number of primary sulfonamides is 1. The Morgan fingerprint density at radius 3 is 2.38 bits per heavy atom. The summed E-state index contributed by atoms with van der Waals surface area (Å²) in [4.78, 5) is 4.88. The van der Waals surface area contributed by atoms with Gasteiger partial charge in [0.2, 0.25) is 10.0 Å². The molecule has 0 aliphatic carbocycles. The Kier molecular flexibility index (Phi) is 3.86. The van der Waals surface area contributed by atoms with E-state index in [0.717, 1.165) is 33.7 Å². The van der Waals surface area contributed by atoms with Crippen molar-refractivity contribution in [3.05, 3.63) is 78.5 Å². The van der Waals surface area contributed by atoms with E-state index in [1.807, 2.05) is 53.9 Å². The summed E-state index contributed by atoms with van der Waals surface area (Å²) in [7, 11) is -3.72. The minimum Gasteiger partial charge on any atom is -0.299 e. The van der Waals surface area contributed by atoms with Crippen molar-refractivity contribution in [2.24, 2.45) is 5.14 Å². The van der Waals surface area contributed by atoms with Crippen LogP contribution in [0.15, 0.2) is 77.8 Å². The van der Waals surface area contributed by atoms with Gasteiger partial charge in [-0.15, -0.1) is 0 Å². The first-order chi connectivity index (χ1) is 12.4. The number of hydrogen-bond acceptors (Lipinski definition) is 3. The van der Waals surface area contributed by atoms with Crippen LogP contribution in [0.4, 0.5) is 0 Å². The highest BCUT2D eigenvalue weighted by Crippen LogP contribution is 2.33. The summed E-state index contributed by atoms with van der Waals surface area (Å²) in [5.74, 6) is 0. The van der Waals surface area contributed by atoms with E-state index in [-0.39, 0.29) is 4.90 Å². The fraction of sp³-hybridized carbons (Fsp3) is 0.0500. The maximum absolute atomic E-state index is 11.5. The van der Waals surface area contributed by atoms with Crippen LogP contribution in [0.3, 0.4) is 0 Å². The van der Waals surface area contributed by atoms with Gasteiger partial charge in [0.25, 0.3) is 0 Å². The predicted molar refractivity (Wildman–Crippen MR) is 102 cm³/mol. The van der Waals surface area contributed by atoms with Gasteiger partial charge >= 0.3 is 0 Å².